The number of rotatable bonds is 10. The zero-order chi connectivity index (χ0) is 21.9. The summed E-state index contributed by atoms with van der Waals surface area (Å²) >= 11 is 0. The molecule has 0 aliphatic heterocycles. The van der Waals surface area contributed by atoms with Gasteiger partial charge in [-0.25, -0.2) is 9.37 Å². The number of halogens is 1. The Labute approximate surface area is 179 Å². The molecule has 160 valence electrons. The summed E-state index contributed by atoms with van der Waals surface area (Å²) in [4.78, 5) is 20.2. The minimum absolute atomic E-state index is 0.0761. The van der Waals surface area contributed by atoms with Crippen LogP contribution in [0.5, 0.6) is 17.4 Å². The van der Waals surface area contributed by atoms with Gasteiger partial charge in [0, 0.05) is 37.7 Å². The van der Waals surface area contributed by atoms with Crippen LogP contribution in [0.15, 0.2) is 67.1 Å². The van der Waals surface area contributed by atoms with Crippen LogP contribution in [0.25, 0.3) is 6.08 Å². The minimum atomic E-state index is -0.542. The molecule has 0 saturated heterocycles. The van der Waals surface area contributed by atoms with E-state index < -0.39 is 5.82 Å². The quantitative estimate of drug-likeness (QED) is 0.395. The standard InChI is InChI=1S/C23H22FN3O4/c1-29-12-13-30-23-18(4-2-11-26-23)15-27-22(28)9-7-17-6-8-21(20(24)14-17)31-19-5-3-10-25-16-19/h2-11,14,16H,12-13,15H2,1H3,(H,27,28)/b9-7+. The highest BCUT2D eigenvalue weighted by Gasteiger charge is 2.07. The zero-order valence-corrected chi connectivity index (χ0v) is 17.0. The van der Waals surface area contributed by atoms with E-state index in [1.807, 2.05) is 6.07 Å². The van der Waals surface area contributed by atoms with Gasteiger partial charge in [-0.05, 0) is 42.0 Å². The number of ether oxygens (including phenoxy) is 3. The van der Waals surface area contributed by atoms with Gasteiger partial charge < -0.3 is 19.5 Å². The highest BCUT2D eigenvalue weighted by molar-refractivity contribution is 5.91. The summed E-state index contributed by atoms with van der Waals surface area (Å²) in [6.07, 6.45) is 7.56. The topological polar surface area (TPSA) is 82.6 Å². The van der Waals surface area contributed by atoms with E-state index in [0.29, 0.717) is 30.4 Å². The summed E-state index contributed by atoms with van der Waals surface area (Å²) in [6.45, 7) is 1.04. The van der Waals surface area contributed by atoms with Crippen molar-refractivity contribution < 1.29 is 23.4 Å². The van der Waals surface area contributed by atoms with Crippen LogP contribution in [-0.2, 0) is 16.1 Å². The second-order valence-corrected chi connectivity index (χ2v) is 6.34. The summed E-state index contributed by atoms with van der Waals surface area (Å²) in [5.41, 5.74) is 1.26. The van der Waals surface area contributed by atoms with E-state index in [2.05, 4.69) is 15.3 Å². The molecule has 2 heterocycles. The lowest BCUT2D eigenvalue weighted by molar-refractivity contribution is -0.116. The number of aromatic nitrogens is 2. The number of nitrogens with zero attached hydrogens (tertiary/aromatic N) is 2. The lowest BCUT2D eigenvalue weighted by Gasteiger charge is -2.10. The van der Waals surface area contributed by atoms with Crippen molar-refractivity contribution >= 4 is 12.0 Å². The molecule has 0 unspecified atom stereocenters. The van der Waals surface area contributed by atoms with Crippen LogP contribution in [0, 0.1) is 5.82 Å². The highest BCUT2D eigenvalue weighted by Crippen LogP contribution is 2.24. The van der Waals surface area contributed by atoms with Gasteiger partial charge in [0.15, 0.2) is 11.6 Å². The van der Waals surface area contributed by atoms with Crippen molar-refractivity contribution in [3.05, 3.63) is 84.1 Å². The van der Waals surface area contributed by atoms with Gasteiger partial charge in [-0.3, -0.25) is 9.78 Å². The highest BCUT2D eigenvalue weighted by atomic mass is 19.1. The fourth-order valence-corrected chi connectivity index (χ4v) is 2.56. The van der Waals surface area contributed by atoms with E-state index >= 15 is 0 Å². The van der Waals surface area contributed by atoms with Crippen molar-refractivity contribution in [3.8, 4) is 17.4 Å². The second kappa shape index (κ2) is 11.4. The van der Waals surface area contributed by atoms with Crippen LogP contribution in [0.3, 0.4) is 0 Å². The molecule has 3 rings (SSSR count). The predicted molar refractivity (Wildman–Crippen MR) is 113 cm³/mol. The molecule has 1 N–H and O–H groups in total. The first kappa shape index (κ1) is 21.9. The van der Waals surface area contributed by atoms with Gasteiger partial charge in [0.05, 0.1) is 12.8 Å². The minimum Gasteiger partial charge on any atom is -0.475 e. The molecule has 31 heavy (non-hydrogen) atoms. The molecule has 0 atom stereocenters. The molecular formula is C23H22FN3O4. The fourth-order valence-electron chi connectivity index (χ4n) is 2.56. The smallest absolute Gasteiger partial charge is 0.244 e. The van der Waals surface area contributed by atoms with E-state index in [-0.39, 0.29) is 18.2 Å². The molecule has 0 aliphatic rings. The summed E-state index contributed by atoms with van der Waals surface area (Å²) in [6, 6.07) is 11.4. The maximum Gasteiger partial charge on any atom is 0.244 e. The number of pyridine rings is 2. The lowest BCUT2D eigenvalue weighted by atomic mass is 10.2. The molecule has 0 fully saturated rings. The molecule has 8 heteroatoms. The van der Waals surface area contributed by atoms with Crippen molar-refractivity contribution in [1.29, 1.82) is 0 Å². The summed E-state index contributed by atoms with van der Waals surface area (Å²) in [5.74, 6) is 0.0785. The molecule has 1 amide bonds. The Morgan fingerprint density at radius 2 is 2.03 bits per heavy atom. The van der Waals surface area contributed by atoms with Crippen molar-refractivity contribution in [2.45, 2.75) is 6.54 Å². The molecule has 0 radical (unpaired) electrons. The van der Waals surface area contributed by atoms with Crippen molar-refractivity contribution in [2.24, 2.45) is 0 Å². The maximum absolute atomic E-state index is 14.3. The van der Waals surface area contributed by atoms with Crippen molar-refractivity contribution in [1.82, 2.24) is 15.3 Å². The van der Waals surface area contributed by atoms with Crippen LogP contribution in [0.2, 0.25) is 0 Å². The largest absolute Gasteiger partial charge is 0.475 e. The number of carbonyl (C=O) groups excluding carboxylic acids is 1. The van der Waals surface area contributed by atoms with Crippen molar-refractivity contribution in [3.63, 3.8) is 0 Å². The Hall–Kier alpha value is -3.78. The summed E-state index contributed by atoms with van der Waals surface area (Å²) in [7, 11) is 1.59. The third-order valence-corrected chi connectivity index (χ3v) is 4.07. The molecule has 1 aromatic carbocycles. The monoisotopic (exact) mass is 423 g/mol. The van der Waals surface area contributed by atoms with Gasteiger partial charge in [0.1, 0.15) is 12.4 Å². The SMILES string of the molecule is COCCOc1ncccc1CNC(=O)/C=C/c1ccc(Oc2cccnc2)c(F)c1. The molecular weight excluding hydrogens is 401 g/mol. The number of amides is 1. The van der Waals surface area contributed by atoms with Crippen LogP contribution in [-0.4, -0.2) is 36.2 Å². The number of benzene rings is 1. The van der Waals surface area contributed by atoms with E-state index in [4.69, 9.17) is 14.2 Å². The Morgan fingerprint density at radius 3 is 2.81 bits per heavy atom. The average molecular weight is 423 g/mol. The summed E-state index contributed by atoms with van der Waals surface area (Å²) in [5, 5.41) is 2.76. The Balaban J connectivity index is 1.55. The predicted octanol–water partition coefficient (Wildman–Crippen LogP) is 3.76. The molecule has 0 bridgehead atoms. The molecule has 2 aromatic heterocycles. The van der Waals surface area contributed by atoms with E-state index in [9.17, 15) is 9.18 Å². The first-order valence-corrected chi connectivity index (χ1v) is 9.54. The zero-order valence-electron chi connectivity index (χ0n) is 17.0. The average Bonchev–Trinajstić information content (AvgIpc) is 2.79. The van der Waals surface area contributed by atoms with Crippen LogP contribution in [0.4, 0.5) is 4.39 Å². The molecule has 0 aliphatic carbocycles. The normalized spacial score (nSPS) is 10.8. The number of nitrogens with one attached hydrogen (secondary N) is 1. The van der Waals surface area contributed by atoms with Crippen LogP contribution < -0.4 is 14.8 Å². The van der Waals surface area contributed by atoms with Crippen LogP contribution in [0.1, 0.15) is 11.1 Å². The van der Waals surface area contributed by atoms with Gasteiger partial charge in [0.25, 0.3) is 0 Å². The maximum atomic E-state index is 14.3. The van der Waals surface area contributed by atoms with Crippen molar-refractivity contribution in [2.75, 3.05) is 20.3 Å². The number of hydrogen-bond donors (Lipinski definition) is 1. The van der Waals surface area contributed by atoms with E-state index in [0.717, 1.165) is 5.56 Å². The second-order valence-electron chi connectivity index (χ2n) is 6.34. The van der Waals surface area contributed by atoms with Gasteiger partial charge in [-0.1, -0.05) is 12.1 Å². The Bertz CT molecular complexity index is 1030. The summed E-state index contributed by atoms with van der Waals surface area (Å²) < 4.78 is 30.2. The Kier molecular flexibility index (Phi) is 8.07. The number of hydrogen-bond acceptors (Lipinski definition) is 6. The van der Waals surface area contributed by atoms with Gasteiger partial charge in [-0.15, -0.1) is 0 Å². The van der Waals surface area contributed by atoms with Gasteiger partial charge in [-0.2, -0.15) is 0 Å². The molecule has 7 nitrogen and oxygen atoms in total. The number of methoxy groups -OCH3 is 1. The lowest BCUT2D eigenvalue weighted by Crippen LogP contribution is -2.21. The molecule has 0 saturated carbocycles. The molecule has 0 spiro atoms. The third-order valence-electron chi connectivity index (χ3n) is 4.07. The van der Waals surface area contributed by atoms with Gasteiger partial charge >= 0.3 is 0 Å². The third kappa shape index (κ3) is 6.90. The fraction of sp³-hybridized carbons (Fsp3) is 0.174. The first-order chi connectivity index (χ1) is 15.2. The van der Waals surface area contributed by atoms with E-state index in [1.54, 1.807) is 43.8 Å². The number of carbonyl (C=O) groups is 1. The molecule has 3 aromatic rings. The first-order valence-electron chi connectivity index (χ1n) is 9.54. The Morgan fingerprint density at radius 1 is 1.16 bits per heavy atom. The van der Waals surface area contributed by atoms with E-state index in [1.165, 1.54) is 30.5 Å². The van der Waals surface area contributed by atoms with Crippen LogP contribution >= 0.6 is 0 Å². The van der Waals surface area contributed by atoms with Gasteiger partial charge in [0.2, 0.25) is 11.8 Å².